The molecular weight excluding hydrogens is 158 g/mol. The van der Waals surface area contributed by atoms with Gasteiger partial charge in [0.1, 0.15) is 0 Å². The van der Waals surface area contributed by atoms with Crippen LogP contribution in [0.5, 0.6) is 0 Å². The number of hydrogen-bond donors (Lipinski definition) is 1. The van der Waals surface area contributed by atoms with Crippen molar-refractivity contribution < 1.29 is 0 Å². The van der Waals surface area contributed by atoms with Gasteiger partial charge in [0, 0.05) is 23.0 Å². The maximum atomic E-state index is 7.91. The van der Waals surface area contributed by atoms with E-state index < -0.39 is 0 Å². The van der Waals surface area contributed by atoms with E-state index >= 15 is 0 Å². The van der Waals surface area contributed by atoms with Crippen molar-refractivity contribution in [3.63, 3.8) is 0 Å². The van der Waals surface area contributed by atoms with Crippen LogP contribution >= 0.6 is 0 Å². The molecule has 0 saturated heterocycles. The summed E-state index contributed by atoms with van der Waals surface area (Å²) in [5.74, 6) is 0. The molecule has 1 saturated carbocycles. The highest BCUT2D eigenvalue weighted by molar-refractivity contribution is 5.93. The van der Waals surface area contributed by atoms with Crippen LogP contribution in [0.3, 0.4) is 0 Å². The second kappa shape index (κ2) is 2.57. The molecule has 0 amide bonds. The van der Waals surface area contributed by atoms with Crippen molar-refractivity contribution in [3.05, 3.63) is 24.3 Å². The summed E-state index contributed by atoms with van der Waals surface area (Å²) in [6.45, 7) is 16.6. The Morgan fingerprint density at radius 3 is 2.00 bits per heavy atom. The first-order chi connectivity index (χ1) is 5.70. The molecule has 0 aromatic carbocycles. The molecule has 0 unspecified atom stereocenters. The van der Waals surface area contributed by atoms with Gasteiger partial charge in [0.2, 0.25) is 0 Å². The van der Waals surface area contributed by atoms with Crippen molar-refractivity contribution in [3.8, 4) is 0 Å². The molecule has 1 rings (SSSR count). The SMILES string of the molecule is C=C1CC(=N)C(C)(C)C(=C)C1(C)C. The van der Waals surface area contributed by atoms with E-state index in [0.717, 1.165) is 23.3 Å². The van der Waals surface area contributed by atoms with Crippen LogP contribution in [0.15, 0.2) is 24.3 Å². The molecule has 0 aromatic rings. The molecule has 72 valence electrons. The van der Waals surface area contributed by atoms with Crippen LogP contribution in [-0.4, -0.2) is 5.71 Å². The maximum absolute atomic E-state index is 7.91. The van der Waals surface area contributed by atoms with Crippen LogP contribution in [0.2, 0.25) is 0 Å². The Morgan fingerprint density at radius 1 is 1.08 bits per heavy atom. The third-order valence-corrected chi connectivity index (χ3v) is 3.54. The van der Waals surface area contributed by atoms with E-state index in [0.29, 0.717) is 0 Å². The second-order valence-electron chi connectivity index (χ2n) is 4.99. The molecule has 1 heteroatoms. The number of allylic oxidation sites excluding steroid dienone is 2. The Kier molecular flexibility index (Phi) is 2.02. The van der Waals surface area contributed by atoms with E-state index in [4.69, 9.17) is 5.41 Å². The largest absolute Gasteiger partial charge is 0.308 e. The molecule has 1 N–H and O–H groups in total. The average molecular weight is 177 g/mol. The summed E-state index contributed by atoms with van der Waals surface area (Å²) in [6.07, 6.45) is 0.721. The Hall–Kier alpha value is -0.850. The van der Waals surface area contributed by atoms with E-state index in [-0.39, 0.29) is 10.8 Å². The summed E-state index contributed by atoms with van der Waals surface area (Å²) in [5.41, 5.74) is 2.78. The topological polar surface area (TPSA) is 23.9 Å². The summed E-state index contributed by atoms with van der Waals surface area (Å²) in [4.78, 5) is 0. The van der Waals surface area contributed by atoms with Gasteiger partial charge >= 0.3 is 0 Å². The van der Waals surface area contributed by atoms with Crippen LogP contribution in [0, 0.1) is 16.2 Å². The van der Waals surface area contributed by atoms with Crippen molar-refractivity contribution in [2.45, 2.75) is 34.1 Å². The van der Waals surface area contributed by atoms with Crippen LogP contribution in [0.4, 0.5) is 0 Å². The molecule has 0 aliphatic heterocycles. The Morgan fingerprint density at radius 2 is 1.54 bits per heavy atom. The van der Waals surface area contributed by atoms with Gasteiger partial charge in [-0.05, 0) is 0 Å². The van der Waals surface area contributed by atoms with Crippen molar-refractivity contribution >= 4 is 5.71 Å². The summed E-state index contributed by atoms with van der Waals surface area (Å²) in [5, 5.41) is 7.91. The van der Waals surface area contributed by atoms with Crippen LogP contribution in [-0.2, 0) is 0 Å². The highest BCUT2D eigenvalue weighted by Gasteiger charge is 2.42. The molecule has 1 nitrogen and oxygen atoms in total. The normalized spacial score (nSPS) is 26.3. The minimum Gasteiger partial charge on any atom is -0.308 e. The Labute approximate surface area is 81.1 Å². The Bertz CT molecular complexity index is 264. The minimum atomic E-state index is -0.162. The zero-order chi connectivity index (χ0) is 10.4. The lowest BCUT2D eigenvalue weighted by atomic mass is 9.59. The summed E-state index contributed by atoms with van der Waals surface area (Å²) >= 11 is 0. The van der Waals surface area contributed by atoms with Gasteiger partial charge in [0.05, 0.1) is 0 Å². The predicted molar refractivity (Wildman–Crippen MR) is 58.2 cm³/mol. The zero-order valence-electron chi connectivity index (χ0n) is 9.12. The van der Waals surface area contributed by atoms with Gasteiger partial charge in [-0.25, -0.2) is 0 Å². The molecule has 0 atom stereocenters. The molecule has 13 heavy (non-hydrogen) atoms. The van der Waals surface area contributed by atoms with Gasteiger partial charge in [-0.1, -0.05) is 52.0 Å². The van der Waals surface area contributed by atoms with Gasteiger partial charge in [-0.2, -0.15) is 0 Å². The van der Waals surface area contributed by atoms with Gasteiger partial charge < -0.3 is 5.41 Å². The molecule has 0 heterocycles. The monoisotopic (exact) mass is 177 g/mol. The first kappa shape index (κ1) is 10.2. The second-order valence-corrected chi connectivity index (χ2v) is 4.99. The molecular formula is C12H19N. The molecule has 1 aliphatic rings. The van der Waals surface area contributed by atoms with Crippen LogP contribution in [0.25, 0.3) is 0 Å². The van der Waals surface area contributed by atoms with Crippen LogP contribution in [0.1, 0.15) is 34.1 Å². The summed E-state index contributed by atoms with van der Waals surface area (Å²) in [7, 11) is 0. The fraction of sp³-hybridized carbons (Fsp3) is 0.583. The molecule has 0 radical (unpaired) electrons. The lowest BCUT2D eigenvalue weighted by molar-refractivity contribution is 0.403. The fourth-order valence-corrected chi connectivity index (χ4v) is 1.83. The van der Waals surface area contributed by atoms with Gasteiger partial charge in [0.15, 0.2) is 0 Å². The number of rotatable bonds is 0. The quantitative estimate of drug-likeness (QED) is 0.547. The third kappa shape index (κ3) is 1.27. The van der Waals surface area contributed by atoms with Crippen molar-refractivity contribution in [1.82, 2.24) is 0 Å². The zero-order valence-corrected chi connectivity index (χ0v) is 9.12. The van der Waals surface area contributed by atoms with Crippen molar-refractivity contribution in [1.29, 1.82) is 5.41 Å². The van der Waals surface area contributed by atoms with Gasteiger partial charge in [-0.3, -0.25) is 0 Å². The maximum Gasteiger partial charge on any atom is 0.0241 e. The fourth-order valence-electron chi connectivity index (χ4n) is 1.83. The lowest BCUT2D eigenvalue weighted by Crippen LogP contribution is -2.39. The standard InChI is InChI=1S/C12H19N/c1-8-7-10(13)12(5,6)9(2)11(8,3)4/h13H,1-2,7H2,3-6H3. The number of nitrogens with one attached hydrogen (secondary N) is 1. The first-order valence-corrected chi connectivity index (χ1v) is 4.66. The lowest BCUT2D eigenvalue weighted by Gasteiger charge is -2.45. The highest BCUT2D eigenvalue weighted by atomic mass is 14.6. The van der Waals surface area contributed by atoms with Gasteiger partial charge in [0.25, 0.3) is 0 Å². The van der Waals surface area contributed by atoms with Crippen LogP contribution < -0.4 is 0 Å². The predicted octanol–water partition coefficient (Wildman–Crippen LogP) is 3.57. The highest BCUT2D eigenvalue weighted by Crippen LogP contribution is 2.49. The van der Waals surface area contributed by atoms with E-state index in [1.807, 2.05) is 0 Å². The molecule has 1 fully saturated rings. The van der Waals surface area contributed by atoms with E-state index in [2.05, 4.69) is 40.9 Å². The van der Waals surface area contributed by atoms with E-state index in [9.17, 15) is 0 Å². The average Bonchev–Trinajstić information content (AvgIpc) is 2.00. The molecule has 0 bridgehead atoms. The van der Waals surface area contributed by atoms with Crippen molar-refractivity contribution in [2.75, 3.05) is 0 Å². The summed E-state index contributed by atoms with van der Waals surface area (Å²) in [6, 6.07) is 0. The minimum absolute atomic E-state index is 0.0198. The number of hydrogen-bond acceptors (Lipinski definition) is 1. The first-order valence-electron chi connectivity index (χ1n) is 4.66. The van der Waals surface area contributed by atoms with E-state index in [1.165, 1.54) is 0 Å². The van der Waals surface area contributed by atoms with E-state index in [1.54, 1.807) is 0 Å². The smallest absolute Gasteiger partial charge is 0.0241 e. The Balaban J connectivity index is 3.19. The van der Waals surface area contributed by atoms with Crippen molar-refractivity contribution in [2.24, 2.45) is 10.8 Å². The van der Waals surface area contributed by atoms with Gasteiger partial charge in [-0.15, -0.1) is 0 Å². The molecule has 1 aliphatic carbocycles. The third-order valence-electron chi connectivity index (χ3n) is 3.54. The molecule has 0 aromatic heterocycles. The summed E-state index contributed by atoms with van der Waals surface area (Å²) < 4.78 is 0. The molecule has 0 spiro atoms.